The van der Waals surface area contributed by atoms with E-state index in [0.717, 1.165) is 25.9 Å². The smallest absolute Gasteiger partial charge is 0.410 e. The first kappa shape index (κ1) is 10.7. The highest BCUT2D eigenvalue weighted by Gasteiger charge is 2.56. The molecule has 2 N–H and O–H groups in total. The Morgan fingerprint density at radius 3 is 2.53 bits per heavy atom. The number of carbonyl (C=O) groups excluding carboxylic acids is 1. The second-order valence-electron chi connectivity index (χ2n) is 5.82. The van der Waals surface area contributed by atoms with Crippen LogP contribution in [0.5, 0.6) is 0 Å². The van der Waals surface area contributed by atoms with Gasteiger partial charge >= 0.3 is 6.09 Å². The number of amides is 1. The molecule has 1 spiro atoms. The van der Waals surface area contributed by atoms with Crippen molar-refractivity contribution < 1.29 is 9.53 Å². The van der Waals surface area contributed by atoms with Crippen LogP contribution in [0.3, 0.4) is 0 Å². The van der Waals surface area contributed by atoms with E-state index >= 15 is 0 Å². The van der Waals surface area contributed by atoms with Gasteiger partial charge in [-0.3, -0.25) is 0 Å². The van der Waals surface area contributed by atoms with E-state index in [1.807, 2.05) is 20.8 Å². The molecule has 1 aliphatic carbocycles. The van der Waals surface area contributed by atoms with Crippen LogP contribution in [0.4, 0.5) is 4.79 Å². The normalized spacial score (nSPS) is 34.7. The maximum absolute atomic E-state index is 11.7. The van der Waals surface area contributed by atoms with E-state index in [2.05, 4.69) is 0 Å². The van der Waals surface area contributed by atoms with E-state index < -0.39 is 5.60 Å². The Hall–Kier alpha value is -0.770. The molecular formula is C11H20N2O2. The summed E-state index contributed by atoms with van der Waals surface area (Å²) in [5.74, 6) is 0. The summed E-state index contributed by atoms with van der Waals surface area (Å²) < 4.78 is 5.32. The quantitative estimate of drug-likeness (QED) is 0.659. The molecule has 86 valence electrons. The van der Waals surface area contributed by atoms with Crippen LogP contribution in [0.25, 0.3) is 0 Å². The number of ether oxygens (including phenoxy) is 1. The molecule has 1 aliphatic heterocycles. The Kier molecular flexibility index (Phi) is 2.23. The fraction of sp³-hybridized carbons (Fsp3) is 0.909. The number of nitrogens with two attached hydrogens (primary N) is 1. The van der Waals surface area contributed by atoms with Gasteiger partial charge in [0.25, 0.3) is 0 Å². The lowest BCUT2D eigenvalue weighted by Gasteiger charge is -2.24. The highest BCUT2D eigenvalue weighted by Crippen LogP contribution is 2.51. The van der Waals surface area contributed by atoms with Crippen molar-refractivity contribution in [2.24, 2.45) is 11.1 Å². The number of likely N-dealkylation sites (tertiary alicyclic amines) is 1. The molecule has 0 aromatic rings. The van der Waals surface area contributed by atoms with Crippen LogP contribution in [-0.2, 0) is 4.74 Å². The van der Waals surface area contributed by atoms with Gasteiger partial charge in [0, 0.05) is 24.5 Å². The fourth-order valence-electron chi connectivity index (χ4n) is 2.23. The molecule has 1 saturated carbocycles. The largest absolute Gasteiger partial charge is 0.444 e. The molecule has 0 aromatic carbocycles. The van der Waals surface area contributed by atoms with Gasteiger partial charge in [0.05, 0.1) is 0 Å². The third-order valence-electron chi connectivity index (χ3n) is 3.29. The molecule has 15 heavy (non-hydrogen) atoms. The predicted molar refractivity (Wildman–Crippen MR) is 57.4 cm³/mol. The average molecular weight is 212 g/mol. The molecule has 0 radical (unpaired) electrons. The second kappa shape index (κ2) is 3.11. The third-order valence-corrected chi connectivity index (χ3v) is 3.29. The van der Waals surface area contributed by atoms with E-state index in [9.17, 15) is 4.79 Å². The van der Waals surface area contributed by atoms with Crippen LogP contribution >= 0.6 is 0 Å². The number of hydrogen-bond donors (Lipinski definition) is 1. The monoisotopic (exact) mass is 212 g/mol. The number of nitrogens with zero attached hydrogens (tertiary/aromatic N) is 1. The van der Waals surface area contributed by atoms with E-state index in [4.69, 9.17) is 10.5 Å². The topological polar surface area (TPSA) is 55.6 Å². The van der Waals surface area contributed by atoms with E-state index in [-0.39, 0.29) is 11.5 Å². The van der Waals surface area contributed by atoms with Crippen LogP contribution in [0.2, 0.25) is 0 Å². The first-order chi connectivity index (χ1) is 6.82. The molecule has 4 nitrogen and oxygen atoms in total. The standard InChI is InChI=1S/C11H20N2O2/c1-10(2,3)15-9(14)13-5-4-11(7-13)6-8(11)12/h8H,4-7,12H2,1-3H3. The van der Waals surface area contributed by atoms with Crippen molar-refractivity contribution in [2.45, 2.75) is 45.3 Å². The minimum Gasteiger partial charge on any atom is -0.444 e. The molecule has 0 aromatic heterocycles. The van der Waals surface area contributed by atoms with Gasteiger partial charge in [0.15, 0.2) is 0 Å². The van der Waals surface area contributed by atoms with E-state index in [0.29, 0.717) is 6.04 Å². The van der Waals surface area contributed by atoms with Crippen molar-refractivity contribution in [1.29, 1.82) is 0 Å². The van der Waals surface area contributed by atoms with Gasteiger partial charge in [-0.1, -0.05) is 0 Å². The summed E-state index contributed by atoms with van der Waals surface area (Å²) >= 11 is 0. The number of carbonyl (C=O) groups is 1. The van der Waals surface area contributed by atoms with Gasteiger partial charge in [-0.2, -0.15) is 0 Å². The molecule has 2 unspecified atom stereocenters. The summed E-state index contributed by atoms with van der Waals surface area (Å²) in [6.45, 7) is 7.24. The van der Waals surface area contributed by atoms with Gasteiger partial charge in [0.2, 0.25) is 0 Å². The number of hydrogen-bond acceptors (Lipinski definition) is 3. The summed E-state index contributed by atoms with van der Waals surface area (Å²) in [7, 11) is 0. The first-order valence-corrected chi connectivity index (χ1v) is 5.56. The SMILES string of the molecule is CC(C)(C)OC(=O)N1CCC2(CC2N)C1. The molecule has 2 atom stereocenters. The molecular weight excluding hydrogens is 192 g/mol. The minimum absolute atomic E-state index is 0.196. The van der Waals surface area contributed by atoms with Crippen LogP contribution < -0.4 is 5.73 Å². The van der Waals surface area contributed by atoms with Gasteiger partial charge in [0.1, 0.15) is 5.60 Å². The molecule has 4 heteroatoms. The molecule has 0 bridgehead atoms. The van der Waals surface area contributed by atoms with Crippen LogP contribution in [0, 0.1) is 5.41 Å². The van der Waals surface area contributed by atoms with Crippen molar-refractivity contribution in [1.82, 2.24) is 4.90 Å². The maximum Gasteiger partial charge on any atom is 0.410 e. The zero-order valence-corrected chi connectivity index (χ0v) is 9.75. The number of rotatable bonds is 0. The fourth-order valence-corrected chi connectivity index (χ4v) is 2.23. The Labute approximate surface area is 90.8 Å². The zero-order chi connectivity index (χ0) is 11.3. The van der Waals surface area contributed by atoms with E-state index in [1.165, 1.54) is 0 Å². The van der Waals surface area contributed by atoms with Crippen LogP contribution in [0.1, 0.15) is 33.6 Å². The lowest BCUT2D eigenvalue weighted by atomic mass is 10.1. The summed E-state index contributed by atoms with van der Waals surface area (Å²) in [5, 5.41) is 0. The van der Waals surface area contributed by atoms with Crippen molar-refractivity contribution in [2.75, 3.05) is 13.1 Å². The Morgan fingerprint density at radius 2 is 2.13 bits per heavy atom. The molecule has 1 saturated heterocycles. The van der Waals surface area contributed by atoms with Crippen molar-refractivity contribution in [3.8, 4) is 0 Å². The molecule has 2 fully saturated rings. The molecule has 2 aliphatic rings. The first-order valence-electron chi connectivity index (χ1n) is 5.56. The van der Waals surface area contributed by atoms with E-state index in [1.54, 1.807) is 4.90 Å². The van der Waals surface area contributed by atoms with Gasteiger partial charge in [-0.25, -0.2) is 4.79 Å². The lowest BCUT2D eigenvalue weighted by Crippen LogP contribution is -2.35. The zero-order valence-electron chi connectivity index (χ0n) is 9.75. The Bertz CT molecular complexity index is 285. The Morgan fingerprint density at radius 1 is 1.53 bits per heavy atom. The minimum atomic E-state index is -0.404. The maximum atomic E-state index is 11.7. The van der Waals surface area contributed by atoms with Crippen LogP contribution in [-0.4, -0.2) is 35.7 Å². The molecule has 1 amide bonds. The summed E-state index contributed by atoms with van der Waals surface area (Å²) in [6, 6.07) is 0.296. The van der Waals surface area contributed by atoms with Crippen LogP contribution in [0.15, 0.2) is 0 Å². The highest BCUT2D eigenvalue weighted by atomic mass is 16.6. The average Bonchev–Trinajstić information content (AvgIpc) is 2.55. The summed E-state index contributed by atoms with van der Waals surface area (Å²) in [5.41, 5.74) is 5.70. The summed E-state index contributed by atoms with van der Waals surface area (Å²) in [6.07, 6.45) is 1.90. The predicted octanol–water partition coefficient (Wildman–Crippen LogP) is 1.34. The lowest BCUT2D eigenvalue weighted by molar-refractivity contribution is 0.0285. The van der Waals surface area contributed by atoms with Crippen molar-refractivity contribution in [3.05, 3.63) is 0 Å². The summed E-state index contributed by atoms with van der Waals surface area (Å²) in [4.78, 5) is 13.5. The third kappa shape index (κ3) is 2.09. The van der Waals surface area contributed by atoms with Gasteiger partial charge in [-0.05, 0) is 33.6 Å². The van der Waals surface area contributed by atoms with Gasteiger partial charge in [-0.15, -0.1) is 0 Å². The van der Waals surface area contributed by atoms with Crippen molar-refractivity contribution >= 4 is 6.09 Å². The Balaban J connectivity index is 1.89. The second-order valence-corrected chi connectivity index (χ2v) is 5.82. The van der Waals surface area contributed by atoms with Crippen molar-refractivity contribution in [3.63, 3.8) is 0 Å². The van der Waals surface area contributed by atoms with Gasteiger partial charge < -0.3 is 15.4 Å². The highest BCUT2D eigenvalue weighted by molar-refractivity contribution is 5.68. The molecule has 2 rings (SSSR count). The molecule has 1 heterocycles.